The summed E-state index contributed by atoms with van der Waals surface area (Å²) in [7, 11) is 0. The first kappa shape index (κ1) is 34.7. The van der Waals surface area contributed by atoms with E-state index in [9.17, 15) is 19.5 Å². The number of carbonyl (C=O) groups excluding carboxylic acids is 3. The summed E-state index contributed by atoms with van der Waals surface area (Å²) >= 11 is 13.0. The highest BCUT2D eigenvalue weighted by Crippen LogP contribution is 2.47. The number of nitrogens with one attached hydrogen (secondary N) is 1. The third kappa shape index (κ3) is 8.11. The van der Waals surface area contributed by atoms with E-state index in [1.54, 1.807) is 69.0 Å². The van der Waals surface area contributed by atoms with Crippen LogP contribution in [0.25, 0.3) is 0 Å². The van der Waals surface area contributed by atoms with E-state index in [1.165, 1.54) is 0 Å². The van der Waals surface area contributed by atoms with Crippen molar-refractivity contribution in [2.75, 3.05) is 6.54 Å². The van der Waals surface area contributed by atoms with Gasteiger partial charge < -0.3 is 24.8 Å². The largest absolute Gasteiger partial charge is 0.479 e. The summed E-state index contributed by atoms with van der Waals surface area (Å²) in [4.78, 5) is 42.6. The van der Waals surface area contributed by atoms with E-state index >= 15 is 0 Å². The molecule has 5 atom stereocenters. The number of hydrogen-bond donors (Lipinski definition) is 2. The molecule has 0 saturated heterocycles. The molecule has 1 heterocycles. The van der Waals surface area contributed by atoms with E-state index in [-0.39, 0.29) is 11.8 Å². The van der Waals surface area contributed by atoms with Crippen LogP contribution in [0.3, 0.4) is 0 Å². The molecule has 8 nitrogen and oxygen atoms in total. The average Bonchev–Trinajstić information content (AvgIpc) is 3.01. The molecule has 3 aromatic rings. The topological polar surface area (TPSA) is 105 Å². The van der Waals surface area contributed by atoms with Gasteiger partial charge >= 0.3 is 5.97 Å². The molecule has 4 unspecified atom stereocenters. The number of halogens is 2. The molecule has 1 saturated carbocycles. The first-order chi connectivity index (χ1) is 22.3. The lowest BCUT2D eigenvalue weighted by molar-refractivity contribution is -0.162. The minimum absolute atomic E-state index is 0.232. The van der Waals surface area contributed by atoms with Crippen LogP contribution in [0.2, 0.25) is 10.0 Å². The van der Waals surface area contributed by atoms with E-state index in [1.807, 2.05) is 30.3 Å². The lowest BCUT2D eigenvalue weighted by Crippen LogP contribution is -2.55. The summed E-state index contributed by atoms with van der Waals surface area (Å²) in [5.74, 6) is -1.22. The number of carbonyl (C=O) groups is 3. The van der Waals surface area contributed by atoms with E-state index in [0.717, 1.165) is 18.4 Å². The van der Waals surface area contributed by atoms with Gasteiger partial charge in [0, 0.05) is 22.2 Å². The van der Waals surface area contributed by atoms with Crippen LogP contribution < -0.4 is 10.1 Å². The number of benzene rings is 3. The smallest absolute Gasteiger partial charge is 0.347 e. The molecule has 1 aliphatic carbocycles. The van der Waals surface area contributed by atoms with Crippen molar-refractivity contribution in [3.8, 4) is 5.75 Å². The maximum Gasteiger partial charge on any atom is 0.347 e. The zero-order valence-electron chi connectivity index (χ0n) is 27.2. The third-order valence-corrected chi connectivity index (χ3v) is 9.22. The second kappa shape index (κ2) is 14.7. The molecule has 0 aromatic heterocycles. The Bertz CT molecular complexity index is 1620. The van der Waals surface area contributed by atoms with Gasteiger partial charge in [-0.2, -0.15) is 0 Å². The summed E-state index contributed by atoms with van der Waals surface area (Å²) in [6, 6.07) is 18.4. The summed E-state index contributed by atoms with van der Waals surface area (Å²) in [6.45, 7) is 7.37. The number of aliphatic hydroxyl groups excluding tert-OH is 1. The summed E-state index contributed by atoms with van der Waals surface area (Å²) in [6.07, 6.45) is 1.92. The highest BCUT2D eigenvalue weighted by Gasteiger charge is 2.48. The molecule has 250 valence electrons. The molecule has 47 heavy (non-hydrogen) atoms. The van der Waals surface area contributed by atoms with Crippen LogP contribution in [0, 0.1) is 0 Å². The van der Waals surface area contributed by atoms with Crippen molar-refractivity contribution < 1.29 is 29.0 Å². The Labute approximate surface area is 286 Å². The standard InChI is InChI=1S/C37H42Cl2N2O6/c1-22(36(45)47-37(2,3)4)46-25-11-9-10-23(20-25)18-19-40-34(43)32-26-12-5-6-13-27(26)35(44)41(30-14-7-8-15-31(30)42)33(32)28-17-16-24(38)21-29(28)39/h5-6,9-13,16-17,20-22,30-33,42H,7-8,14-15,18-19H2,1-4H3,(H,40,43)/t22-,30?,31?,32?,33?/m0/s1. The number of amides is 2. The fourth-order valence-corrected chi connectivity index (χ4v) is 7.06. The number of aliphatic hydroxyl groups is 1. The number of rotatable bonds is 9. The van der Waals surface area contributed by atoms with Crippen molar-refractivity contribution in [3.63, 3.8) is 0 Å². The van der Waals surface area contributed by atoms with Crippen molar-refractivity contribution in [1.82, 2.24) is 10.2 Å². The maximum absolute atomic E-state index is 14.3. The zero-order valence-corrected chi connectivity index (χ0v) is 28.7. The lowest BCUT2D eigenvalue weighted by Gasteiger charge is -2.48. The van der Waals surface area contributed by atoms with Crippen molar-refractivity contribution >= 4 is 41.0 Å². The molecule has 0 spiro atoms. The molecule has 1 aliphatic heterocycles. The molecule has 10 heteroatoms. The number of hydrogen-bond acceptors (Lipinski definition) is 6. The predicted molar refractivity (Wildman–Crippen MR) is 182 cm³/mol. The SMILES string of the molecule is C[C@H](Oc1cccc(CCNC(=O)C2c3ccccc3C(=O)N(C3CCCCC3O)C2c2ccc(Cl)cc2Cl)c1)C(=O)OC(C)(C)C. The minimum Gasteiger partial charge on any atom is -0.479 e. The normalized spacial score (nSPS) is 21.9. The molecule has 0 radical (unpaired) electrons. The minimum atomic E-state index is -0.791. The van der Waals surface area contributed by atoms with Crippen molar-refractivity contribution in [2.24, 2.45) is 0 Å². The second-order valence-electron chi connectivity index (χ2n) is 13.3. The molecule has 3 aromatic carbocycles. The Morgan fingerprint density at radius 3 is 2.47 bits per heavy atom. The van der Waals surface area contributed by atoms with Crippen LogP contribution in [0.15, 0.2) is 66.7 Å². The van der Waals surface area contributed by atoms with Crippen LogP contribution in [-0.2, 0) is 20.7 Å². The van der Waals surface area contributed by atoms with Gasteiger partial charge in [0.2, 0.25) is 5.91 Å². The van der Waals surface area contributed by atoms with E-state index in [4.69, 9.17) is 32.7 Å². The Morgan fingerprint density at radius 1 is 1.00 bits per heavy atom. The van der Waals surface area contributed by atoms with E-state index in [0.29, 0.717) is 58.3 Å². The fourth-order valence-electron chi connectivity index (χ4n) is 6.54. The van der Waals surface area contributed by atoms with E-state index < -0.39 is 41.8 Å². The molecule has 1 fully saturated rings. The fraction of sp³-hybridized carbons (Fsp3) is 0.432. The van der Waals surface area contributed by atoms with Gasteiger partial charge in [0.15, 0.2) is 6.10 Å². The Morgan fingerprint density at radius 2 is 1.74 bits per heavy atom. The number of fused-ring (bicyclic) bond motifs is 1. The molecule has 2 amide bonds. The number of esters is 1. The van der Waals surface area contributed by atoms with Crippen LogP contribution >= 0.6 is 23.2 Å². The monoisotopic (exact) mass is 680 g/mol. The van der Waals surface area contributed by atoms with Gasteiger partial charge in [-0.3, -0.25) is 9.59 Å². The van der Waals surface area contributed by atoms with Crippen LogP contribution in [0.1, 0.15) is 92.4 Å². The van der Waals surface area contributed by atoms with Gasteiger partial charge in [0.05, 0.1) is 24.1 Å². The summed E-state index contributed by atoms with van der Waals surface area (Å²) < 4.78 is 11.3. The summed E-state index contributed by atoms with van der Waals surface area (Å²) in [5, 5.41) is 15.0. The highest BCUT2D eigenvalue weighted by atomic mass is 35.5. The molecular weight excluding hydrogens is 639 g/mol. The van der Waals surface area contributed by atoms with Crippen LogP contribution in [0.4, 0.5) is 0 Å². The van der Waals surface area contributed by atoms with Crippen LogP contribution in [0.5, 0.6) is 5.75 Å². The maximum atomic E-state index is 14.3. The van der Waals surface area contributed by atoms with Gasteiger partial charge in [0.25, 0.3) is 5.91 Å². The average molecular weight is 682 g/mol. The first-order valence-electron chi connectivity index (χ1n) is 16.1. The van der Waals surface area contributed by atoms with Crippen molar-refractivity contribution in [1.29, 1.82) is 0 Å². The Balaban J connectivity index is 1.39. The molecule has 5 rings (SSSR count). The Kier molecular flexibility index (Phi) is 10.8. The quantitative estimate of drug-likeness (QED) is 0.235. The second-order valence-corrected chi connectivity index (χ2v) is 14.1. The van der Waals surface area contributed by atoms with Gasteiger partial charge in [-0.25, -0.2) is 4.79 Å². The van der Waals surface area contributed by atoms with Gasteiger partial charge in [-0.1, -0.05) is 72.4 Å². The third-order valence-electron chi connectivity index (χ3n) is 8.65. The van der Waals surface area contributed by atoms with E-state index in [2.05, 4.69) is 5.32 Å². The number of nitrogens with zero attached hydrogens (tertiary/aromatic N) is 1. The highest BCUT2D eigenvalue weighted by molar-refractivity contribution is 6.35. The predicted octanol–water partition coefficient (Wildman–Crippen LogP) is 7.05. The number of ether oxygens (including phenoxy) is 2. The lowest BCUT2D eigenvalue weighted by atomic mass is 9.76. The molecule has 0 bridgehead atoms. The van der Waals surface area contributed by atoms with Crippen LogP contribution in [-0.4, -0.2) is 58.2 Å². The zero-order chi connectivity index (χ0) is 33.9. The van der Waals surface area contributed by atoms with Gasteiger partial charge in [-0.05, 0) is 94.0 Å². The molecular formula is C37H42Cl2N2O6. The van der Waals surface area contributed by atoms with Gasteiger partial charge in [-0.15, -0.1) is 0 Å². The van der Waals surface area contributed by atoms with Gasteiger partial charge in [0.1, 0.15) is 11.4 Å². The molecule has 2 N–H and O–H groups in total. The van der Waals surface area contributed by atoms with Crippen molar-refractivity contribution in [2.45, 2.75) is 95.6 Å². The summed E-state index contributed by atoms with van der Waals surface area (Å²) in [5.41, 5.74) is 1.93. The first-order valence-corrected chi connectivity index (χ1v) is 16.9. The molecule has 2 aliphatic rings. The van der Waals surface area contributed by atoms with Crippen molar-refractivity contribution in [3.05, 3.63) is 99.0 Å². The Hall–Kier alpha value is -3.59.